The summed E-state index contributed by atoms with van der Waals surface area (Å²) < 4.78 is 45.9. The zero-order valence-electron chi connectivity index (χ0n) is 18.2. The molecular formula is C22H29F3N4O2. The summed E-state index contributed by atoms with van der Waals surface area (Å²) in [5.74, 6) is -1.11. The van der Waals surface area contributed by atoms with Crippen molar-refractivity contribution in [2.75, 3.05) is 13.7 Å². The van der Waals surface area contributed by atoms with Crippen molar-refractivity contribution >= 4 is 11.7 Å². The first kappa shape index (κ1) is 21.9. The summed E-state index contributed by atoms with van der Waals surface area (Å²) in [5, 5.41) is 4.80. The van der Waals surface area contributed by atoms with Gasteiger partial charge in [-0.25, -0.2) is 14.3 Å². The van der Waals surface area contributed by atoms with Crippen molar-refractivity contribution in [3.63, 3.8) is 0 Å². The number of aryl methyl sites for hydroxylation is 1. The average molecular weight is 438 g/mol. The fourth-order valence-corrected chi connectivity index (χ4v) is 5.24. The fraction of sp³-hybridized carbons (Fsp3) is 0.682. The zero-order chi connectivity index (χ0) is 22.3. The van der Waals surface area contributed by atoms with Crippen LogP contribution >= 0.6 is 0 Å². The number of hydrogen-bond donors (Lipinski definition) is 0. The molecule has 1 saturated heterocycles. The molecule has 6 nitrogen and oxygen atoms in total. The highest BCUT2D eigenvalue weighted by Gasteiger charge is 2.42. The highest BCUT2D eigenvalue weighted by atomic mass is 19.4. The smallest absolute Gasteiger partial charge is 0.409 e. The second-order valence-corrected chi connectivity index (χ2v) is 8.90. The van der Waals surface area contributed by atoms with E-state index < -0.39 is 12.1 Å². The Morgan fingerprint density at radius 2 is 1.87 bits per heavy atom. The van der Waals surface area contributed by atoms with E-state index in [2.05, 4.69) is 4.98 Å². The fourth-order valence-electron chi connectivity index (χ4n) is 5.24. The number of amides is 1. The molecule has 0 spiro atoms. The van der Waals surface area contributed by atoms with Crippen LogP contribution in [-0.2, 0) is 4.74 Å². The molecule has 2 atom stereocenters. The van der Waals surface area contributed by atoms with Crippen molar-refractivity contribution < 1.29 is 22.7 Å². The van der Waals surface area contributed by atoms with E-state index in [0.29, 0.717) is 25.0 Å². The van der Waals surface area contributed by atoms with Crippen LogP contribution < -0.4 is 0 Å². The van der Waals surface area contributed by atoms with Gasteiger partial charge in [0.25, 0.3) is 0 Å². The van der Waals surface area contributed by atoms with Crippen LogP contribution in [0.5, 0.6) is 0 Å². The van der Waals surface area contributed by atoms with Crippen LogP contribution in [0.3, 0.4) is 0 Å². The van der Waals surface area contributed by atoms with Gasteiger partial charge in [-0.1, -0.05) is 0 Å². The van der Waals surface area contributed by atoms with Crippen LogP contribution in [-0.4, -0.2) is 51.5 Å². The molecule has 0 N–H and O–H groups in total. The number of likely N-dealkylation sites (tertiary alicyclic amines) is 1. The molecule has 1 saturated carbocycles. The Morgan fingerprint density at radius 1 is 1.16 bits per heavy atom. The molecule has 0 radical (unpaired) electrons. The van der Waals surface area contributed by atoms with E-state index >= 15 is 0 Å². The van der Waals surface area contributed by atoms with Crippen molar-refractivity contribution in [3.8, 4) is 0 Å². The second-order valence-electron chi connectivity index (χ2n) is 8.90. The topological polar surface area (TPSA) is 59.7 Å². The molecule has 2 aromatic heterocycles. The van der Waals surface area contributed by atoms with E-state index in [4.69, 9.17) is 9.84 Å². The van der Waals surface area contributed by atoms with E-state index in [-0.39, 0.29) is 36.8 Å². The SMILES string of the molecule is COC(=O)N1CCC[C@@H](c2cc(C)nc3cc([C@H]4CC[C@H](C(F)(F)F)CC4)nn23)[C@@H]1C. The Morgan fingerprint density at radius 3 is 2.52 bits per heavy atom. The number of carbonyl (C=O) groups excluding carboxylic acids is 1. The van der Waals surface area contributed by atoms with Crippen LogP contribution in [0.2, 0.25) is 0 Å². The third-order valence-corrected chi connectivity index (χ3v) is 6.99. The number of rotatable bonds is 2. The molecule has 9 heteroatoms. The van der Waals surface area contributed by atoms with Gasteiger partial charge in [-0.2, -0.15) is 18.3 Å². The van der Waals surface area contributed by atoms with Gasteiger partial charge in [-0.05, 0) is 58.4 Å². The maximum absolute atomic E-state index is 13.0. The van der Waals surface area contributed by atoms with E-state index in [1.165, 1.54) is 7.11 Å². The predicted octanol–water partition coefficient (Wildman–Crippen LogP) is 5.21. The summed E-state index contributed by atoms with van der Waals surface area (Å²) in [5.41, 5.74) is 3.37. The van der Waals surface area contributed by atoms with Crippen LogP contribution in [0.25, 0.3) is 5.65 Å². The molecule has 0 bridgehead atoms. The first-order valence-electron chi connectivity index (χ1n) is 11.0. The number of aromatic nitrogens is 3. The largest absolute Gasteiger partial charge is 0.453 e. The van der Waals surface area contributed by atoms with Gasteiger partial charge in [0.15, 0.2) is 5.65 Å². The molecule has 2 fully saturated rings. The molecule has 0 aromatic carbocycles. The monoisotopic (exact) mass is 438 g/mol. The van der Waals surface area contributed by atoms with Crippen molar-refractivity contribution in [2.45, 2.75) is 76.4 Å². The van der Waals surface area contributed by atoms with Gasteiger partial charge >= 0.3 is 12.3 Å². The lowest BCUT2D eigenvalue weighted by atomic mass is 9.80. The van der Waals surface area contributed by atoms with Gasteiger partial charge in [0, 0.05) is 36.2 Å². The van der Waals surface area contributed by atoms with Crippen molar-refractivity contribution in [3.05, 3.63) is 29.2 Å². The van der Waals surface area contributed by atoms with Crippen LogP contribution in [0, 0.1) is 12.8 Å². The molecule has 170 valence electrons. The molecule has 1 aliphatic heterocycles. The first-order chi connectivity index (χ1) is 14.7. The van der Waals surface area contributed by atoms with Gasteiger partial charge in [0.1, 0.15) is 0 Å². The highest BCUT2D eigenvalue weighted by Crippen LogP contribution is 2.43. The molecule has 31 heavy (non-hydrogen) atoms. The summed E-state index contributed by atoms with van der Waals surface area (Å²) in [6, 6.07) is 3.87. The van der Waals surface area contributed by atoms with Crippen molar-refractivity contribution in [1.29, 1.82) is 0 Å². The molecule has 2 aromatic rings. The van der Waals surface area contributed by atoms with Gasteiger partial charge < -0.3 is 9.64 Å². The summed E-state index contributed by atoms with van der Waals surface area (Å²) in [6.45, 7) is 4.60. The van der Waals surface area contributed by atoms with Crippen LogP contribution in [0.1, 0.15) is 74.4 Å². The minimum atomic E-state index is -4.11. The third-order valence-electron chi connectivity index (χ3n) is 6.99. The number of nitrogens with zero attached hydrogens (tertiary/aromatic N) is 4. The Hall–Kier alpha value is -2.32. The Balaban J connectivity index is 1.62. The normalized spacial score (nSPS) is 27.5. The maximum atomic E-state index is 13.0. The minimum absolute atomic E-state index is 0.0174. The number of fused-ring (bicyclic) bond motifs is 1. The summed E-state index contributed by atoms with van der Waals surface area (Å²) >= 11 is 0. The van der Waals surface area contributed by atoms with Crippen molar-refractivity contribution in [2.24, 2.45) is 5.92 Å². The number of halogens is 3. The molecular weight excluding hydrogens is 409 g/mol. The van der Waals surface area contributed by atoms with Gasteiger partial charge in [-0.3, -0.25) is 0 Å². The molecule has 4 rings (SSSR count). The number of methoxy groups -OCH3 is 1. The third kappa shape index (κ3) is 4.23. The van der Waals surface area contributed by atoms with Gasteiger partial charge in [-0.15, -0.1) is 0 Å². The average Bonchev–Trinajstić information content (AvgIpc) is 3.16. The lowest BCUT2D eigenvalue weighted by molar-refractivity contribution is -0.182. The molecule has 1 amide bonds. The predicted molar refractivity (Wildman–Crippen MR) is 109 cm³/mol. The van der Waals surface area contributed by atoms with Crippen LogP contribution in [0.4, 0.5) is 18.0 Å². The summed E-state index contributed by atoms with van der Waals surface area (Å²) in [6.07, 6.45) is -1.40. The Bertz CT molecular complexity index is 950. The Kier molecular flexibility index (Phi) is 5.87. The minimum Gasteiger partial charge on any atom is -0.453 e. The van der Waals surface area contributed by atoms with E-state index in [0.717, 1.165) is 29.9 Å². The number of piperidine rings is 1. The summed E-state index contributed by atoms with van der Waals surface area (Å²) in [4.78, 5) is 18.5. The summed E-state index contributed by atoms with van der Waals surface area (Å²) in [7, 11) is 1.39. The maximum Gasteiger partial charge on any atom is 0.409 e. The lowest BCUT2D eigenvalue weighted by Gasteiger charge is -2.38. The number of ether oxygens (including phenoxy) is 1. The molecule has 0 unspecified atom stereocenters. The number of carbonyl (C=O) groups is 1. The Labute approximate surface area is 179 Å². The quantitative estimate of drug-likeness (QED) is 0.646. The van der Waals surface area contributed by atoms with E-state index in [1.54, 1.807) is 4.90 Å². The van der Waals surface area contributed by atoms with Crippen LogP contribution in [0.15, 0.2) is 12.1 Å². The lowest BCUT2D eigenvalue weighted by Crippen LogP contribution is -2.46. The zero-order valence-corrected chi connectivity index (χ0v) is 18.2. The number of alkyl halides is 3. The van der Waals surface area contributed by atoms with Crippen molar-refractivity contribution in [1.82, 2.24) is 19.5 Å². The molecule has 1 aliphatic carbocycles. The second kappa shape index (κ2) is 8.31. The van der Waals surface area contributed by atoms with Gasteiger partial charge in [0.2, 0.25) is 0 Å². The highest BCUT2D eigenvalue weighted by molar-refractivity contribution is 5.68. The number of hydrogen-bond acceptors (Lipinski definition) is 4. The first-order valence-corrected chi connectivity index (χ1v) is 11.0. The molecule has 2 aliphatic rings. The van der Waals surface area contributed by atoms with Gasteiger partial charge in [0.05, 0.1) is 24.4 Å². The van der Waals surface area contributed by atoms with E-state index in [9.17, 15) is 18.0 Å². The standard InChI is InChI=1S/C22H29F3N4O2/c1-13-11-19(17-5-4-10-28(14(17)2)21(30)31-3)29-20(26-13)12-18(27-29)15-6-8-16(9-7-15)22(23,24)25/h11-12,14-17H,4-10H2,1-3H3/t14-,15-,16-,17+/m0/s1. The van der Waals surface area contributed by atoms with E-state index in [1.807, 2.05) is 30.5 Å². The molecule has 3 heterocycles.